The Morgan fingerprint density at radius 1 is 1.25 bits per heavy atom. The molecule has 20 heavy (non-hydrogen) atoms. The number of carbonyl (C=O) groups is 2. The van der Waals surface area contributed by atoms with E-state index in [-0.39, 0.29) is 12.0 Å². The lowest BCUT2D eigenvalue weighted by atomic mass is 10.0. The minimum Gasteiger partial charge on any atom is -0.444 e. The van der Waals surface area contributed by atoms with E-state index in [1.165, 1.54) is 0 Å². The van der Waals surface area contributed by atoms with Crippen molar-refractivity contribution in [1.82, 2.24) is 15.1 Å². The van der Waals surface area contributed by atoms with E-state index in [1.54, 1.807) is 4.90 Å². The van der Waals surface area contributed by atoms with E-state index in [9.17, 15) is 9.59 Å². The van der Waals surface area contributed by atoms with Crippen molar-refractivity contribution in [2.45, 2.75) is 38.5 Å². The van der Waals surface area contributed by atoms with Gasteiger partial charge in [0.1, 0.15) is 11.6 Å². The summed E-state index contributed by atoms with van der Waals surface area (Å²) >= 11 is 0. The van der Waals surface area contributed by atoms with Crippen molar-refractivity contribution in [2.75, 3.05) is 32.7 Å². The van der Waals surface area contributed by atoms with E-state index in [0.717, 1.165) is 13.1 Å². The molecule has 0 saturated carbocycles. The lowest BCUT2D eigenvalue weighted by Gasteiger charge is -2.46. The molecule has 114 valence electrons. The zero-order chi connectivity index (χ0) is 14.9. The lowest BCUT2D eigenvalue weighted by Crippen LogP contribution is -2.68. The van der Waals surface area contributed by atoms with Crippen LogP contribution >= 0.6 is 0 Å². The van der Waals surface area contributed by atoms with Crippen LogP contribution in [-0.2, 0) is 9.53 Å². The van der Waals surface area contributed by atoms with Crippen LogP contribution in [0.5, 0.6) is 0 Å². The van der Waals surface area contributed by atoms with Gasteiger partial charge in [0.25, 0.3) is 0 Å². The van der Waals surface area contributed by atoms with Crippen LogP contribution in [0.2, 0.25) is 0 Å². The molecule has 0 bridgehead atoms. The number of nitrogens with one attached hydrogen (secondary N) is 1. The highest BCUT2D eigenvalue weighted by molar-refractivity contribution is 5.81. The third-order valence-electron chi connectivity index (χ3n) is 3.63. The Morgan fingerprint density at radius 2 is 1.90 bits per heavy atom. The van der Waals surface area contributed by atoms with Gasteiger partial charge in [-0.25, -0.2) is 4.79 Å². The predicted octanol–water partition coefficient (Wildman–Crippen LogP) is -0.635. The zero-order valence-corrected chi connectivity index (χ0v) is 12.4. The largest absolute Gasteiger partial charge is 0.444 e. The summed E-state index contributed by atoms with van der Waals surface area (Å²) in [6, 6.07) is -0.0864. The van der Waals surface area contributed by atoms with Gasteiger partial charge in [0, 0.05) is 38.8 Å². The molecule has 2 rings (SSSR count). The standard InChI is InChI=1S/C13H24N4O3/c1-13(2,3)20-12(19)16-4-5-17(9-6-15-7-9)10(8-16)11(14)18/h9-10,15H,4-8H2,1-3H3,(H2,14,18). The Morgan fingerprint density at radius 3 is 2.35 bits per heavy atom. The molecule has 7 nitrogen and oxygen atoms in total. The number of hydrogen-bond acceptors (Lipinski definition) is 5. The predicted molar refractivity (Wildman–Crippen MR) is 74.2 cm³/mol. The highest BCUT2D eigenvalue weighted by Crippen LogP contribution is 2.18. The van der Waals surface area contributed by atoms with Gasteiger partial charge in [-0.05, 0) is 20.8 Å². The summed E-state index contributed by atoms with van der Waals surface area (Å²) in [6.45, 7) is 8.74. The highest BCUT2D eigenvalue weighted by Gasteiger charge is 2.39. The van der Waals surface area contributed by atoms with Crippen LogP contribution in [0.15, 0.2) is 0 Å². The maximum absolute atomic E-state index is 12.1. The third-order valence-corrected chi connectivity index (χ3v) is 3.63. The lowest BCUT2D eigenvalue weighted by molar-refractivity contribution is -0.127. The summed E-state index contributed by atoms with van der Waals surface area (Å²) in [6.07, 6.45) is -0.380. The molecule has 2 saturated heterocycles. The van der Waals surface area contributed by atoms with E-state index in [1.807, 2.05) is 20.8 Å². The summed E-state index contributed by atoms with van der Waals surface area (Å²) in [7, 11) is 0. The number of rotatable bonds is 2. The van der Waals surface area contributed by atoms with Crippen molar-refractivity contribution in [3.63, 3.8) is 0 Å². The molecule has 0 radical (unpaired) electrons. The van der Waals surface area contributed by atoms with Crippen molar-refractivity contribution in [1.29, 1.82) is 0 Å². The molecule has 0 aromatic carbocycles. The first-order chi connectivity index (χ1) is 9.28. The van der Waals surface area contributed by atoms with Crippen molar-refractivity contribution in [3.05, 3.63) is 0 Å². The van der Waals surface area contributed by atoms with Gasteiger partial charge in [0.2, 0.25) is 5.91 Å². The molecule has 2 amide bonds. The molecule has 2 fully saturated rings. The van der Waals surface area contributed by atoms with Crippen LogP contribution in [0.4, 0.5) is 4.79 Å². The van der Waals surface area contributed by atoms with Crippen LogP contribution in [0.25, 0.3) is 0 Å². The minimum absolute atomic E-state index is 0.306. The van der Waals surface area contributed by atoms with Gasteiger partial charge in [-0.1, -0.05) is 0 Å². The molecule has 2 heterocycles. The topological polar surface area (TPSA) is 87.9 Å². The number of nitrogens with two attached hydrogens (primary N) is 1. The number of carbonyl (C=O) groups excluding carboxylic acids is 2. The second kappa shape index (κ2) is 5.57. The molecule has 2 aliphatic heterocycles. The van der Waals surface area contributed by atoms with Crippen molar-refractivity contribution < 1.29 is 14.3 Å². The quantitative estimate of drug-likeness (QED) is 0.704. The average molecular weight is 284 g/mol. The first-order valence-corrected chi connectivity index (χ1v) is 7.01. The molecular formula is C13H24N4O3. The number of primary amides is 1. The SMILES string of the molecule is CC(C)(C)OC(=O)N1CCN(C2CNC2)C(C(N)=O)C1. The van der Waals surface area contributed by atoms with Crippen LogP contribution in [0.1, 0.15) is 20.8 Å². The van der Waals surface area contributed by atoms with Crippen molar-refractivity contribution in [3.8, 4) is 0 Å². The van der Waals surface area contributed by atoms with Gasteiger partial charge in [-0.3, -0.25) is 9.69 Å². The monoisotopic (exact) mass is 284 g/mol. The van der Waals surface area contributed by atoms with Crippen LogP contribution in [0, 0.1) is 0 Å². The fourth-order valence-electron chi connectivity index (χ4n) is 2.49. The number of piperazine rings is 1. The normalized spacial score (nSPS) is 25.1. The number of amides is 2. The molecule has 1 unspecified atom stereocenters. The molecule has 7 heteroatoms. The molecule has 0 aliphatic carbocycles. The Labute approximate surface area is 119 Å². The molecular weight excluding hydrogens is 260 g/mol. The molecule has 2 aliphatic rings. The maximum Gasteiger partial charge on any atom is 0.410 e. The molecule has 3 N–H and O–H groups in total. The van der Waals surface area contributed by atoms with Gasteiger partial charge in [-0.2, -0.15) is 0 Å². The number of ether oxygens (including phenoxy) is 1. The van der Waals surface area contributed by atoms with Gasteiger partial charge >= 0.3 is 6.09 Å². The van der Waals surface area contributed by atoms with E-state index >= 15 is 0 Å². The fraction of sp³-hybridized carbons (Fsp3) is 0.846. The molecule has 0 spiro atoms. The highest BCUT2D eigenvalue weighted by atomic mass is 16.6. The first-order valence-electron chi connectivity index (χ1n) is 7.01. The van der Waals surface area contributed by atoms with Crippen molar-refractivity contribution in [2.24, 2.45) is 5.73 Å². The number of nitrogens with zero attached hydrogens (tertiary/aromatic N) is 2. The van der Waals surface area contributed by atoms with Gasteiger partial charge in [0.15, 0.2) is 0 Å². The summed E-state index contributed by atoms with van der Waals surface area (Å²) < 4.78 is 5.35. The molecule has 0 aromatic rings. The molecule has 0 aromatic heterocycles. The van der Waals surface area contributed by atoms with Crippen LogP contribution in [0.3, 0.4) is 0 Å². The molecule has 1 atom stereocenters. The zero-order valence-electron chi connectivity index (χ0n) is 12.4. The average Bonchev–Trinajstić information content (AvgIpc) is 2.24. The minimum atomic E-state index is -0.533. The van der Waals surface area contributed by atoms with Crippen LogP contribution in [-0.4, -0.2) is 72.2 Å². The second-order valence-electron chi connectivity index (χ2n) is 6.39. The van der Waals surface area contributed by atoms with E-state index in [2.05, 4.69) is 10.2 Å². The van der Waals surface area contributed by atoms with Gasteiger partial charge < -0.3 is 20.7 Å². The number of hydrogen-bond donors (Lipinski definition) is 2. The maximum atomic E-state index is 12.1. The second-order valence-corrected chi connectivity index (χ2v) is 6.39. The van der Waals surface area contributed by atoms with Gasteiger partial charge in [-0.15, -0.1) is 0 Å². The van der Waals surface area contributed by atoms with E-state index in [0.29, 0.717) is 25.7 Å². The Bertz CT molecular complexity index is 390. The summed E-state index contributed by atoms with van der Waals surface area (Å²) in [4.78, 5) is 27.4. The van der Waals surface area contributed by atoms with Gasteiger partial charge in [0.05, 0.1) is 0 Å². The van der Waals surface area contributed by atoms with E-state index in [4.69, 9.17) is 10.5 Å². The fourth-order valence-corrected chi connectivity index (χ4v) is 2.49. The third kappa shape index (κ3) is 3.40. The Hall–Kier alpha value is -1.34. The Kier molecular flexibility index (Phi) is 4.19. The summed E-state index contributed by atoms with van der Waals surface area (Å²) in [5.74, 6) is -0.384. The summed E-state index contributed by atoms with van der Waals surface area (Å²) in [5, 5.41) is 3.18. The van der Waals surface area contributed by atoms with Crippen LogP contribution < -0.4 is 11.1 Å². The Balaban J connectivity index is 1.99. The van der Waals surface area contributed by atoms with E-state index < -0.39 is 11.6 Å². The summed E-state index contributed by atoms with van der Waals surface area (Å²) in [5.41, 5.74) is 4.95. The first kappa shape index (κ1) is 15.1. The smallest absolute Gasteiger partial charge is 0.410 e. The van der Waals surface area contributed by atoms with Crippen molar-refractivity contribution >= 4 is 12.0 Å².